The molecular formula is C29H34N4O2. The van der Waals surface area contributed by atoms with E-state index >= 15 is 0 Å². The molecule has 2 unspecified atom stereocenters. The summed E-state index contributed by atoms with van der Waals surface area (Å²) in [5, 5.41) is 4.55. The average molecular weight is 471 g/mol. The van der Waals surface area contributed by atoms with E-state index in [9.17, 15) is 9.59 Å². The molecule has 4 saturated carbocycles. The number of aryl methyl sites for hydroxylation is 1. The number of carbonyl (C=O) groups is 1. The van der Waals surface area contributed by atoms with E-state index < -0.39 is 0 Å². The Labute approximate surface area is 206 Å². The SMILES string of the molecule is Cc1cnc(Cn2ccc3c(NC(=O)CC45CC6CC(C)(CC(C)(C6)C4)C5)cccc3c2=O)cn1. The molecule has 182 valence electrons. The maximum absolute atomic E-state index is 13.4. The molecule has 6 heteroatoms. The van der Waals surface area contributed by atoms with Crippen LogP contribution in [0.4, 0.5) is 5.69 Å². The summed E-state index contributed by atoms with van der Waals surface area (Å²) in [5.41, 5.74) is 3.11. The highest BCUT2D eigenvalue weighted by atomic mass is 16.1. The van der Waals surface area contributed by atoms with Crippen LogP contribution < -0.4 is 10.9 Å². The van der Waals surface area contributed by atoms with Crippen molar-refractivity contribution in [3.8, 4) is 0 Å². The molecule has 7 rings (SSSR count). The molecule has 3 aromatic rings. The monoisotopic (exact) mass is 470 g/mol. The van der Waals surface area contributed by atoms with E-state index in [4.69, 9.17) is 0 Å². The molecule has 0 radical (unpaired) electrons. The van der Waals surface area contributed by atoms with Gasteiger partial charge in [0.2, 0.25) is 5.91 Å². The van der Waals surface area contributed by atoms with Crippen molar-refractivity contribution in [2.24, 2.45) is 22.2 Å². The highest BCUT2D eigenvalue weighted by Gasteiger charge is 2.60. The van der Waals surface area contributed by atoms with Gasteiger partial charge in [-0.05, 0) is 85.8 Å². The average Bonchev–Trinajstić information content (AvgIpc) is 2.74. The quantitative estimate of drug-likeness (QED) is 0.536. The molecule has 0 spiro atoms. The largest absolute Gasteiger partial charge is 0.325 e. The van der Waals surface area contributed by atoms with Gasteiger partial charge in [-0.3, -0.25) is 19.6 Å². The first-order valence-corrected chi connectivity index (χ1v) is 12.8. The Kier molecular flexibility index (Phi) is 4.96. The van der Waals surface area contributed by atoms with Crippen molar-refractivity contribution in [1.82, 2.24) is 14.5 Å². The van der Waals surface area contributed by atoms with Crippen LogP contribution in [-0.2, 0) is 11.3 Å². The van der Waals surface area contributed by atoms with Crippen molar-refractivity contribution in [2.45, 2.75) is 72.3 Å². The molecule has 2 aromatic heterocycles. The fraction of sp³-hybridized carbons (Fsp3) is 0.517. The van der Waals surface area contributed by atoms with Gasteiger partial charge in [0.05, 0.1) is 24.1 Å². The number of aromatic nitrogens is 3. The minimum atomic E-state index is -0.0945. The fourth-order valence-corrected chi connectivity index (χ4v) is 8.64. The predicted octanol–water partition coefficient (Wildman–Crippen LogP) is 5.47. The smallest absolute Gasteiger partial charge is 0.258 e. The van der Waals surface area contributed by atoms with Crippen molar-refractivity contribution in [2.75, 3.05) is 5.32 Å². The molecule has 4 aliphatic carbocycles. The maximum Gasteiger partial charge on any atom is 0.258 e. The number of amides is 1. The highest BCUT2D eigenvalue weighted by molar-refractivity contribution is 6.02. The lowest BCUT2D eigenvalue weighted by Gasteiger charge is -2.65. The van der Waals surface area contributed by atoms with Crippen LogP contribution in [0.1, 0.15) is 70.2 Å². The lowest BCUT2D eigenvalue weighted by molar-refractivity contribution is -0.153. The van der Waals surface area contributed by atoms with Crippen molar-refractivity contribution in [1.29, 1.82) is 0 Å². The molecule has 2 atom stereocenters. The van der Waals surface area contributed by atoms with Gasteiger partial charge >= 0.3 is 0 Å². The Morgan fingerprint density at radius 1 is 1.03 bits per heavy atom. The van der Waals surface area contributed by atoms with Crippen LogP contribution in [0.5, 0.6) is 0 Å². The van der Waals surface area contributed by atoms with E-state index in [0.717, 1.165) is 22.7 Å². The van der Waals surface area contributed by atoms with Gasteiger partial charge in [-0.15, -0.1) is 0 Å². The number of nitrogens with one attached hydrogen (secondary N) is 1. The van der Waals surface area contributed by atoms with Gasteiger partial charge < -0.3 is 9.88 Å². The number of hydrogen-bond donors (Lipinski definition) is 1. The Hall–Kier alpha value is -3.02. The first-order valence-electron chi connectivity index (χ1n) is 12.8. The van der Waals surface area contributed by atoms with Crippen molar-refractivity contribution >= 4 is 22.4 Å². The molecule has 1 amide bonds. The molecule has 0 saturated heterocycles. The maximum atomic E-state index is 13.4. The zero-order valence-corrected chi connectivity index (χ0v) is 20.9. The summed E-state index contributed by atoms with van der Waals surface area (Å²) in [7, 11) is 0. The first-order chi connectivity index (χ1) is 16.6. The summed E-state index contributed by atoms with van der Waals surface area (Å²) in [6.07, 6.45) is 13.3. The Morgan fingerprint density at radius 2 is 1.80 bits per heavy atom. The molecule has 2 heterocycles. The topological polar surface area (TPSA) is 76.9 Å². The zero-order valence-electron chi connectivity index (χ0n) is 20.9. The third-order valence-electron chi connectivity index (χ3n) is 8.74. The molecule has 4 fully saturated rings. The number of carbonyl (C=O) groups excluding carboxylic acids is 1. The van der Waals surface area contributed by atoms with Gasteiger partial charge in [0, 0.05) is 35.3 Å². The van der Waals surface area contributed by atoms with Gasteiger partial charge in [0.15, 0.2) is 0 Å². The standard InChI is InChI=1S/C29H34N4O2/c1-19-13-31-21(14-30-19)15-33-8-7-22-23(26(33)35)5-4-6-24(22)32-25(34)12-29-11-20-9-27(2,17-29)16-28(3,10-20)18-29/h4-8,13-14,20H,9-12,15-18H2,1-3H3,(H,32,34). The van der Waals surface area contributed by atoms with Gasteiger partial charge in [0.25, 0.3) is 5.56 Å². The lowest BCUT2D eigenvalue weighted by atomic mass is 9.40. The number of benzene rings is 1. The molecular weight excluding hydrogens is 436 g/mol. The van der Waals surface area contributed by atoms with Crippen LogP contribution in [-0.4, -0.2) is 20.4 Å². The molecule has 35 heavy (non-hydrogen) atoms. The molecule has 1 aromatic carbocycles. The van der Waals surface area contributed by atoms with Crippen LogP contribution in [0, 0.1) is 29.1 Å². The van der Waals surface area contributed by atoms with E-state index in [-0.39, 0.29) is 16.9 Å². The van der Waals surface area contributed by atoms with Crippen LogP contribution in [0.3, 0.4) is 0 Å². The van der Waals surface area contributed by atoms with Crippen molar-refractivity contribution < 1.29 is 4.79 Å². The number of anilines is 1. The number of fused-ring (bicyclic) bond motifs is 1. The minimum Gasteiger partial charge on any atom is -0.325 e. The minimum absolute atomic E-state index is 0.0748. The number of nitrogens with zero attached hydrogens (tertiary/aromatic N) is 3. The van der Waals surface area contributed by atoms with E-state index in [1.807, 2.05) is 31.2 Å². The zero-order chi connectivity index (χ0) is 24.4. The van der Waals surface area contributed by atoms with E-state index in [0.29, 0.717) is 34.9 Å². The number of rotatable bonds is 5. The van der Waals surface area contributed by atoms with Gasteiger partial charge in [-0.25, -0.2) is 0 Å². The summed E-state index contributed by atoms with van der Waals surface area (Å²) in [5.74, 6) is 0.842. The summed E-state index contributed by atoms with van der Waals surface area (Å²) in [6.45, 7) is 7.14. The Balaban J connectivity index is 1.23. The Morgan fingerprint density at radius 3 is 2.49 bits per heavy atom. The second kappa shape index (κ2) is 7.74. The lowest BCUT2D eigenvalue weighted by Crippen LogP contribution is -2.55. The number of hydrogen-bond acceptors (Lipinski definition) is 4. The number of pyridine rings is 1. The van der Waals surface area contributed by atoms with Crippen LogP contribution in [0.2, 0.25) is 0 Å². The van der Waals surface area contributed by atoms with Crippen LogP contribution >= 0.6 is 0 Å². The van der Waals surface area contributed by atoms with E-state index in [2.05, 4.69) is 29.1 Å². The summed E-state index contributed by atoms with van der Waals surface area (Å²) in [4.78, 5) is 35.2. The molecule has 1 N–H and O–H groups in total. The normalized spacial score (nSPS) is 31.1. The van der Waals surface area contributed by atoms with E-state index in [1.165, 1.54) is 38.5 Å². The van der Waals surface area contributed by atoms with E-state index in [1.54, 1.807) is 23.2 Å². The molecule has 6 nitrogen and oxygen atoms in total. The fourth-order valence-electron chi connectivity index (χ4n) is 8.64. The van der Waals surface area contributed by atoms with Crippen LogP contribution in [0.25, 0.3) is 10.8 Å². The third kappa shape index (κ3) is 4.07. The summed E-state index contributed by atoms with van der Waals surface area (Å²) in [6, 6.07) is 7.49. The van der Waals surface area contributed by atoms with Crippen molar-refractivity contribution in [3.63, 3.8) is 0 Å². The predicted molar refractivity (Wildman–Crippen MR) is 137 cm³/mol. The summed E-state index contributed by atoms with van der Waals surface area (Å²) < 4.78 is 1.64. The van der Waals surface area contributed by atoms with Crippen molar-refractivity contribution in [3.05, 3.63) is 64.6 Å². The van der Waals surface area contributed by atoms with Gasteiger partial charge in [-0.2, -0.15) is 0 Å². The third-order valence-corrected chi connectivity index (χ3v) is 8.74. The second-order valence-electron chi connectivity index (χ2n) is 12.5. The molecule has 4 aliphatic rings. The van der Waals surface area contributed by atoms with Gasteiger partial charge in [0.1, 0.15) is 0 Å². The highest BCUT2D eigenvalue weighted by Crippen LogP contribution is 2.70. The summed E-state index contributed by atoms with van der Waals surface area (Å²) >= 11 is 0. The molecule has 4 bridgehead atoms. The van der Waals surface area contributed by atoms with Crippen LogP contribution in [0.15, 0.2) is 47.7 Å². The molecule has 0 aliphatic heterocycles. The second-order valence-corrected chi connectivity index (χ2v) is 12.5. The Bertz CT molecular complexity index is 1360. The van der Waals surface area contributed by atoms with Gasteiger partial charge in [-0.1, -0.05) is 19.9 Å². The first kappa shape index (κ1) is 22.4.